The van der Waals surface area contributed by atoms with E-state index in [9.17, 15) is 5.11 Å². The van der Waals surface area contributed by atoms with Gasteiger partial charge in [-0.15, -0.1) is 0 Å². The second kappa shape index (κ2) is 5.00. The number of aromatic nitrogens is 2. The molecule has 0 spiro atoms. The van der Waals surface area contributed by atoms with E-state index in [1.807, 2.05) is 25.1 Å². The highest BCUT2D eigenvalue weighted by Gasteiger charge is 2.13. The summed E-state index contributed by atoms with van der Waals surface area (Å²) in [6, 6.07) is 10.7. The molecular formula is C15H12Cl2N2O. The minimum Gasteiger partial charge on any atom is -0.506 e. The van der Waals surface area contributed by atoms with Crippen LogP contribution in [0.15, 0.2) is 36.4 Å². The van der Waals surface area contributed by atoms with Crippen LogP contribution < -0.4 is 0 Å². The third-order valence-electron chi connectivity index (χ3n) is 3.23. The third kappa shape index (κ3) is 2.13. The van der Waals surface area contributed by atoms with Crippen molar-refractivity contribution in [2.45, 2.75) is 13.5 Å². The number of phenolic OH excluding ortho intramolecular Hbond substituents is 1. The summed E-state index contributed by atoms with van der Waals surface area (Å²) in [4.78, 5) is 4.63. The summed E-state index contributed by atoms with van der Waals surface area (Å²) in [5.41, 5.74) is 2.73. The number of hydrogen-bond acceptors (Lipinski definition) is 2. The maximum Gasteiger partial charge on any atom is 0.141 e. The predicted octanol–water partition coefficient (Wildman–Crippen LogP) is 4.74. The van der Waals surface area contributed by atoms with Gasteiger partial charge in [0.1, 0.15) is 11.6 Å². The molecular weight excluding hydrogens is 295 g/mol. The lowest BCUT2D eigenvalue weighted by Crippen LogP contribution is -1.97. The Labute approximate surface area is 126 Å². The molecule has 1 heterocycles. The van der Waals surface area contributed by atoms with Crippen molar-refractivity contribution >= 4 is 34.2 Å². The van der Waals surface area contributed by atoms with Crippen LogP contribution >= 0.6 is 23.2 Å². The Morgan fingerprint density at radius 3 is 2.65 bits per heavy atom. The van der Waals surface area contributed by atoms with Crippen molar-refractivity contribution in [3.05, 3.63) is 46.4 Å². The molecule has 0 amide bonds. The molecule has 1 aromatic heterocycles. The zero-order valence-electron chi connectivity index (χ0n) is 10.8. The van der Waals surface area contributed by atoms with Crippen molar-refractivity contribution in [2.75, 3.05) is 0 Å². The molecule has 3 aromatic rings. The fourth-order valence-corrected chi connectivity index (χ4v) is 2.63. The monoisotopic (exact) mass is 306 g/mol. The number of aryl methyl sites for hydroxylation is 1. The number of aromatic hydroxyl groups is 1. The SMILES string of the molecule is CCn1c(-c2ccc(O)c(Cl)c2)nc2ccc(Cl)cc21. The van der Waals surface area contributed by atoms with E-state index in [1.54, 1.807) is 18.2 Å². The van der Waals surface area contributed by atoms with Gasteiger partial charge in [0, 0.05) is 17.1 Å². The summed E-state index contributed by atoms with van der Waals surface area (Å²) in [5.74, 6) is 0.879. The van der Waals surface area contributed by atoms with Gasteiger partial charge in [-0.1, -0.05) is 23.2 Å². The Morgan fingerprint density at radius 1 is 1.15 bits per heavy atom. The van der Waals surface area contributed by atoms with E-state index in [1.165, 1.54) is 0 Å². The Bertz CT molecular complexity index is 796. The number of nitrogens with zero attached hydrogens (tertiary/aromatic N) is 2. The number of halogens is 2. The van der Waals surface area contributed by atoms with Crippen LogP contribution in [0.3, 0.4) is 0 Å². The van der Waals surface area contributed by atoms with E-state index in [0.29, 0.717) is 10.0 Å². The van der Waals surface area contributed by atoms with Crippen LogP contribution in [0.25, 0.3) is 22.4 Å². The van der Waals surface area contributed by atoms with Crippen molar-refractivity contribution in [1.82, 2.24) is 9.55 Å². The fourth-order valence-electron chi connectivity index (χ4n) is 2.28. The van der Waals surface area contributed by atoms with Gasteiger partial charge in [-0.05, 0) is 43.3 Å². The van der Waals surface area contributed by atoms with Crippen LogP contribution in [-0.2, 0) is 6.54 Å². The standard InChI is InChI=1S/C15H12Cl2N2O/c1-2-19-13-8-10(16)4-5-12(13)18-15(19)9-3-6-14(20)11(17)7-9/h3-8,20H,2H2,1H3. The van der Waals surface area contributed by atoms with Gasteiger partial charge < -0.3 is 9.67 Å². The zero-order chi connectivity index (χ0) is 14.3. The van der Waals surface area contributed by atoms with Crippen LogP contribution in [0.2, 0.25) is 10.0 Å². The molecule has 0 saturated heterocycles. The van der Waals surface area contributed by atoms with Crippen LogP contribution in [-0.4, -0.2) is 14.7 Å². The molecule has 0 bridgehead atoms. The summed E-state index contributed by atoms with van der Waals surface area (Å²) < 4.78 is 2.07. The number of hydrogen-bond donors (Lipinski definition) is 1. The maximum absolute atomic E-state index is 9.52. The molecule has 3 nitrogen and oxygen atoms in total. The number of phenols is 1. The molecule has 5 heteroatoms. The minimum atomic E-state index is 0.0672. The maximum atomic E-state index is 9.52. The van der Waals surface area contributed by atoms with Crippen molar-refractivity contribution in [3.8, 4) is 17.1 Å². The summed E-state index contributed by atoms with van der Waals surface area (Å²) >= 11 is 12.0. The quantitative estimate of drug-likeness (QED) is 0.743. The van der Waals surface area contributed by atoms with Gasteiger partial charge in [-0.3, -0.25) is 0 Å². The molecule has 0 aliphatic rings. The molecule has 0 fully saturated rings. The first-order valence-corrected chi connectivity index (χ1v) is 7.00. The van der Waals surface area contributed by atoms with E-state index < -0.39 is 0 Å². The first kappa shape index (κ1) is 13.3. The number of rotatable bonds is 2. The highest BCUT2D eigenvalue weighted by Crippen LogP contribution is 2.31. The van der Waals surface area contributed by atoms with Gasteiger partial charge >= 0.3 is 0 Å². The van der Waals surface area contributed by atoms with Crippen molar-refractivity contribution in [2.24, 2.45) is 0 Å². The minimum absolute atomic E-state index is 0.0672. The average molecular weight is 307 g/mol. The first-order valence-electron chi connectivity index (χ1n) is 6.25. The molecule has 0 saturated carbocycles. The lowest BCUT2D eigenvalue weighted by Gasteiger charge is -2.07. The van der Waals surface area contributed by atoms with Gasteiger partial charge in [0.05, 0.1) is 16.1 Å². The number of imidazole rings is 1. The summed E-state index contributed by atoms with van der Waals surface area (Å²) in [6.07, 6.45) is 0. The highest BCUT2D eigenvalue weighted by molar-refractivity contribution is 6.32. The van der Waals surface area contributed by atoms with Gasteiger partial charge in [0.2, 0.25) is 0 Å². The Balaban J connectivity index is 2.27. The molecule has 3 rings (SSSR count). The highest BCUT2D eigenvalue weighted by atomic mass is 35.5. The molecule has 2 aromatic carbocycles. The second-order valence-electron chi connectivity index (χ2n) is 4.48. The summed E-state index contributed by atoms with van der Waals surface area (Å²) in [7, 11) is 0. The number of benzene rings is 2. The molecule has 0 unspecified atom stereocenters. The Morgan fingerprint density at radius 2 is 1.95 bits per heavy atom. The second-order valence-corrected chi connectivity index (χ2v) is 5.32. The van der Waals surface area contributed by atoms with Crippen molar-refractivity contribution in [3.63, 3.8) is 0 Å². The van der Waals surface area contributed by atoms with E-state index >= 15 is 0 Å². The third-order valence-corrected chi connectivity index (χ3v) is 3.77. The van der Waals surface area contributed by atoms with Crippen molar-refractivity contribution in [1.29, 1.82) is 0 Å². The summed E-state index contributed by atoms with van der Waals surface area (Å²) in [5, 5.41) is 10.5. The van der Waals surface area contributed by atoms with Gasteiger partial charge in [0.15, 0.2) is 0 Å². The molecule has 0 atom stereocenters. The normalized spacial score (nSPS) is 11.2. The zero-order valence-corrected chi connectivity index (χ0v) is 12.3. The molecule has 0 aliphatic heterocycles. The van der Waals surface area contributed by atoms with E-state index in [4.69, 9.17) is 23.2 Å². The Kier molecular flexibility index (Phi) is 3.32. The van der Waals surface area contributed by atoms with Crippen LogP contribution in [0.5, 0.6) is 5.75 Å². The molecule has 1 N–H and O–H groups in total. The molecule has 102 valence electrons. The van der Waals surface area contributed by atoms with Gasteiger partial charge in [-0.2, -0.15) is 0 Å². The largest absolute Gasteiger partial charge is 0.506 e. The molecule has 20 heavy (non-hydrogen) atoms. The van der Waals surface area contributed by atoms with E-state index in [-0.39, 0.29) is 5.75 Å². The van der Waals surface area contributed by atoms with Crippen LogP contribution in [0.1, 0.15) is 6.92 Å². The smallest absolute Gasteiger partial charge is 0.141 e. The lowest BCUT2D eigenvalue weighted by molar-refractivity contribution is 0.475. The fraction of sp³-hybridized carbons (Fsp3) is 0.133. The lowest BCUT2D eigenvalue weighted by atomic mass is 10.2. The van der Waals surface area contributed by atoms with Gasteiger partial charge in [-0.25, -0.2) is 4.98 Å². The molecule has 0 radical (unpaired) electrons. The summed E-state index contributed by atoms with van der Waals surface area (Å²) in [6.45, 7) is 2.82. The van der Waals surface area contributed by atoms with Gasteiger partial charge in [0.25, 0.3) is 0 Å². The Hall–Kier alpha value is -1.71. The van der Waals surface area contributed by atoms with Crippen molar-refractivity contribution < 1.29 is 5.11 Å². The average Bonchev–Trinajstić information content (AvgIpc) is 2.79. The van der Waals surface area contributed by atoms with E-state index in [2.05, 4.69) is 9.55 Å². The van der Waals surface area contributed by atoms with Crippen LogP contribution in [0, 0.1) is 0 Å². The predicted molar refractivity (Wildman–Crippen MR) is 82.5 cm³/mol. The first-order chi connectivity index (χ1) is 9.60. The molecule has 0 aliphatic carbocycles. The topological polar surface area (TPSA) is 38.0 Å². The van der Waals surface area contributed by atoms with E-state index in [0.717, 1.165) is 29.0 Å². The number of fused-ring (bicyclic) bond motifs is 1. The van der Waals surface area contributed by atoms with Crippen LogP contribution in [0.4, 0.5) is 0 Å².